The Bertz CT molecular complexity index is 1300. The number of hydrogen-bond acceptors (Lipinski definition) is 5. The summed E-state index contributed by atoms with van der Waals surface area (Å²) in [6, 6.07) is 13.7. The van der Waals surface area contributed by atoms with Crippen LogP contribution in [0.4, 0.5) is 5.69 Å². The molecule has 0 atom stereocenters. The number of carboxylic acid groups (broad SMARTS) is 1. The van der Waals surface area contributed by atoms with Crippen LogP contribution in [0.2, 0.25) is 5.02 Å². The van der Waals surface area contributed by atoms with E-state index in [0.717, 1.165) is 0 Å². The number of carbonyl (C=O) groups excluding carboxylic acids is 3. The zero-order valence-corrected chi connectivity index (χ0v) is 18.5. The average molecular weight is 467 g/mol. The molecule has 3 aromatic rings. The molecule has 9 heteroatoms. The molecule has 0 spiro atoms. The van der Waals surface area contributed by atoms with Crippen molar-refractivity contribution >= 4 is 69.4 Å². The number of thiocarbonyl (C=S) groups is 1. The van der Waals surface area contributed by atoms with E-state index in [4.69, 9.17) is 23.8 Å². The second-order valence-corrected chi connectivity index (χ2v) is 7.91. The SMILES string of the molecule is CCN1C(=O)/C(=C/c2cn(CC(=O)[O-])c3ccccc23)C(=O)N(c2ccc(Cl)cc2)C1=S. The van der Waals surface area contributed by atoms with Crippen LogP contribution in [0.25, 0.3) is 17.0 Å². The third kappa shape index (κ3) is 3.79. The maximum atomic E-state index is 13.4. The number of halogens is 1. The molecule has 2 aromatic carbocycles. The number of hydrogen-bond donors (Lipinski definition) is 0. The van der Waals surface area contributed by atoms with Crippen molar-refractivity contribution in [1.29, 1.82) is 0 Å². The van der Waals surface area contributed by atoms with Gasteiger partial charge in [-0.2, -0.15) is 0 Å². The molecule has 0 radical (unpaired) electrons. The van der Waals surface area contributed by atoms with Gasteiger partial charge in [-0.15, -0.1) is 0 Å². The lowest BCUT2D eigenvalue weighted by atomic mass is 10.1. The summed E-state index contributed by atoms with van der Waals surface area (Å²) in [5.74, 6) is -2.32. The molecule has 0 saturated carbocycles. The quantitative estimate of drug-likeness (QED) is 0.328. The summed E-state index contributed by atoms with van der Waals surface area (Å²) in [6.45, 7) is 1.69. The Hall–Kier alpha value is -3.49. The summed E-state index contributed by atoms with van der Waals surface area (Å²) in [4.78, 5) is 40.3. The highest BCUT2D eigenvalue weighted by Gasteiger charge is 2.39. The Morgan fingerprint density at radius 1 is 1.09 bits per heavy atom. The van der Waals surface area contributed by atoms with Crippen molar-refractivity contribution in [3.05, 3.63) is 70.9 Å². The van der Waals surface area contributed by atoms with Crippen LogP contribution in [-0.4, -0.2) is 38.9 Å². The number of amides is 2. The average Bonchev–Trinajstić information content (AvgIpc) is 3.10. The zero-order chi connectivity index (χ0) is 23.0. The molecule has 0 unspecified atom stereocenters. The first-order valence-electron chi connectivity index (χ1n) is 9.77. The number of fused-ring (bicyclic) bond motifs is 1. The summed E-state index contributed by atoms with van der Waals surface area (Å²) in [5, 5.41) is 12.5. The first kappa shape index (κ1) is 21.7. The van der Waals surface area contributed by atoms with E-state index in [9.17, 15) is 19.5 Å². The molecule has 0 bridgehead atoms. The molecule has 1 fully saturated rings. The lowest BCUT2D eigenvalue weighted by Crippen LogP contribution is -2.56. The van der Waals surface area contributed by atoms with Gasteiger partial charge in [0.15, 0.2) is 5.11 Å². The van der Waals surface area contributed by atoms with Gasteiger partial charge < -0.3 is 14.5 Å². The molecule has 0 aliphatic carbocycles. The van der Waals surface area contributed by atoms with E-state index < -0.39 is 17.8 Å². The van der Waals surface area contributed by atoms with Crippen LogP contribution in [0.3, 0.4) is 0 Å². The summed E-state index contributed by atoms with van der Waals surface area (Å²) in [5.41, 5.74) is 1.60. The highest BCUT2D eigenvalue weighted by Crippen LogP contribution is 2.29. The highest BCUT2D eigenvalue weighted by molar-refractivity contribution is 7.80. The summed E-state index contributed by atoms with van der Waals surface area (Å²) >= 11 is 11.4. The number of aliphatic carboxylic acids is 1. The number of carboxylic acids is 1. The van der Waals surface area contributed by atoms with E-state index in [1.165, 1.54) is 20.4 Å². The van der Waals surface area contributed by atoms with Gasteiger partial charge in [-0.3, -0.25) is 19.4 Å². The minimum Gasteiger partial charge on any atom is -0.548 e. The molecule has 1 aliphatic rings. The van der Waals surface area contributed by atoms with E-state index in [1.807, 2.05) is 0 Å². The number of benzene rings is 2. The number of anilines is 1. The predicted octanol–water partition coefficient (Wildman–Crippen LogP) is 2.61. The predicted molar refractivity (Wildman–Crippen MR) is 124 cm³/mol. The number of nitrogens with zero attached hydrogens (tertiary/aromatic N) is 3. The Kier molecular flexibility index (Phi) is 5.82. The monoisotopic (exact) mass is 466 g/mol. The minimum atomic E-state index is -1.24. The molecule has 162 valence electrons. The first-order valence-corrected chi connectivity index (χ1v) is 10.6. The Morgan fingerprint density at radius 2 is 1.78 bits per heavy atom. The molecular formula is C23H17ClN3O4S-. The Morgan fingerprint density at radius 3 is 2.44 bits per heavy atom. The van der Waals surface area contributed by atoms with E-state index in [-0.39, 0.29) is 23.8 Å². The summed E-state index contributed by atoms with van der Waals surface area (Å²) < 4.78 is 1.51. The van der Waals surface area contributed by atoms with Crippen molar-refractivity contribution in [2.45, 2.75) is 13.5 Å². The van der Waals surface area contributed by atoms with Crippen molar-refractivity contribution in [2.24, 2.45) is 0 Å². The van der Waals surface area contributed by atoms with Crippen LogP contribution in [0.1, 0.15) is 12.5 Å². The van der Waals surface area contributed by atoms with Crippen molar-refractivity contribution in [2.75, 3.05) is 11.4 Å². The third-order valence-corrected chi connectivity index (χ3v) is 5.81. The number of carbonyl (C=O) groups is 3. The van der Waals surface area contributed by atoms with Crippen LogP contribution in [0.15, 0.2) is 60.3 Å². The van der Waals surface area contributed by atoms with Crippen LogP contribution < -0.4 is 10.0 Å². The van der Waals surface area contributed by atoms with Crippen molar-refractivity contribution in [1.82, 2.24) is 9.47 Å². The molecule has 4 rings (SSSR count). The highest BCUT2D eigenvalue weighted by atomic mass is 35.5. The van der Waals surface area contributed by atoms with Crippen LogP contribution >= 0.6 is 23.8 Å². The smallest absolute Gasteiger partial charge is 0.270 e. The fraction of sp³-hybridized carbons (Fsp3) is 0.130. The van der Waals surface area contributed by atoms with Gasteiger partial charge in [0.25, 0.3) is 11.8 Å². The van der Waals surface area contributed by atoms with E-state index >= 15 is 0 Å². The number of para-hydroxylation sites is 1. The number of aromatic nitrogens is 1. The standard InChI is InChI=1S/C23H18ClN3O4S/c1-2-26-21(30)18(22(31)27(23(26)32)16-9-7-15(24)8-10-16)11-14-12-25(13-20(28)29)19-6-4-3-5-17(14)19/h3-12H,2,13H2,1H3,(H,28,29)/p-1/b18-11-. The Balaban J connectivity index is 1.85. The second kappa shape index (κ2) is 8.57. The number of rotatable bonds is 5. The topological polar surface area (TPSA) is 85.7 Å². The normalized spacial score (nSPS) is 15.8. The zero-order valence-electron chi connectivity index (χ0n) is 16.9. The summed E-state index contributed by atoms with van der Waals surface area (Å²) in [7, 11) is 0. The van der Waals surface area contributed by atoms with Crippen LogP contribution in [0, 0.1) is 0 Å². The van der Waals surface area contributed by atoms with Crippen molar-refractivity contribution in [3.8, 4) is 0 Å². The van der Waals surface area contributed by atoms with Gasteiger partial charge in [-0.1, -0.05) is 29.8 Å². The molecule has 1 saturated heterocycles. The maximum Gasteiger partial charge on any atom is 0.270 e. The van der Waals surface area contributed by atoms with Gasteiger partial charge >= 0.3 is 0 Å². The van der Waals surface area contributed by atoms with Gasteiger partial charge in [0.1, 0.15) is 5.57 Å². The minimum absolute atomic E-state index is 0.0771. The lowest BCUT2D eigenvalue weighted by Gasteiger charge is -2.36. The third-order valence-electron chi connectivity index (χ3n) is 5.15. The van der Waals surface area contributed by atoms with Crippen molar-refractivity contribution in [3.63, 3.8) is 0 Å². The number of likely N-dealkylation sites (N-methyl/N-ethyl adjacent to an activating group) is 1. The van der Waals surface area contributed by atoms with E-state index in [1.54, 1.807) is 61.7 Å². The van der Waals surface area contributed by atoms with E-state index in [2.05, 4.69) is 0 Å². The maximum absolute atomic E-state index is 13.4. The Labute approximate surface area is 194 Å². The molecule has 2 amide bonds. The fourth-order valence-electron chi connectivity index (χ4n) is 3.69. The molecule has 0 N–H and O–H groups in total. The lowest BCUT2D eigenvalue weighted by molar-refractivity contribution is -0.306. The van der Waals surface area contributed by atoms with Crippen molar-refractivity contribution < 1.29 is 19.5 Å². The van der Waals surface area contributed by atoms with Crippen LogP contribution in [-0.2, 0) is 20.9 Å². The van der Waals surface area contributed by atoms with Gasteiger partial charge in [-0.05, 0) is 55.5 Å². The van der Waals surface area contributed by atoms with Gasteiger partial charge in [-0.25, -0.2) is 0 Å². The van der Waals surface area contributed by atoms with Crippen LogP contribution in [0.5, 0.6) is 0 Å². The fourth-order valence-corrected chi connectivity index (χ4v) is 4.21. The molecule has 7 nitrogen and oxygen atoms in total. The van der Waals surface area contributed by atoms with Gasteiger partial charge in [0, 0.05) is 34.2 Å². The molecular weight excluding hydrogens is 450 g/mol. The molecule has 1 aromatic heterocycles. The van der Waals surface area contributed by atoms with E-state index in [0.29, 0.717) is 27.2 Å². The molecule has 2 heterocycles. The largest absolute Gasteiger partial charge is 0.548 e. The first-order chi connectivity index (χ1) is 15.3. The van der Waals surface area contributed by atoms with Gasteiger partial charge in [0.2, 0.25) is 0 Å². The second-order valence-electron chi connectivity index (χ2n) is 7.11. The van der Waals surface area contributed by atoms with Gasteiger partial charge in [0.05, 0.1) is 18.2 Å². The molecule has 32 heavy (non-hydrogen) atoms. The molecule has 1 aliphatic heterocycles. The summed E-state index contributed by atoms with van der Waals surface area (Å²) in [6.07, 6.45) is 3.07.